The smallest absolute Gasteiger partial charge is 0.0597 e. The maximum Gasteiger partial charge on any atom is 0.0597 e. The molecule has 3 aliphatic rings. The molecule has 3 nitrogen and oxygen atoms in total. The Labute approximate surface area is 120 Å². The topological polar surface area (TPSA) is 18.5 Å². The van der Waals surface area contributed by atoms with Gasteiger partial charge in [0, 0.05) is 31.7 Å². The van der Waals surface area contributed by atoms with Crippen molar-refractivity contribution in [1.29, 1.82) is 0 Å². The zero-order chi connectivity index (χ0) is 13.4. The van der Waals surface area contributed by atoms with E-state index < -0.39 is 0 Å². The van der Waals surface area contributed by atoms with Gasteiger partial charge in [-0.05, 0) is 50.0 Å². The SMILES string of the molecule is CN(C)c1ccc(Cl)cc1NC1CN2CCC1CC2. The van der Waals surface area contributed by atoms with Crippen LogP contribution >= 0.6 is 11.6 Å². The number of hydrogen-bond donors (Lipinski definition) is 1. The standard InChI is InChI=1S/C15H22ClN3/c1-18(2)15-4-3-12(16)9-13(15)17-14-10-19-7-5-11(14)6-8-19/h3-4,9,11,14,17H,5-8,10H2,1-2H3. The molecular formula is C15H22ClN3. The second kappa shape index (κ2) is 5.22. The van der Waals surface area contributed by atoms with Crippen LogP contribution in [0.25, 0.3) is 0 Å². The van der Waals surface area contributed by atoms with Crippen LogP contribution in [0.15, 0.2) is 18.2 Å². The molecule has 19 heavy (non-hydrogen) atoms. The van der Waals surface area contributed by atoms with Crippen LogP contribution in [-0.4, -0.2) is 44.7 Å². The molecule has 4 heteroatoms. The number of hydrogen-bond acceptors (Lipinski definition) is 3. The van der Waals surface area contributed by atoms with Crippen molar-refractivity contribution in [1.82, 2.24) is 4.90 Å². The molecule has 0 amide bonds. The molecule has 1 aromatic rings. The molecule has 3 fully saturated rings. The summed E-state index contributed by atoms with van der Waals surface area (Å²) in [5, 5.41) is 4.54. The van der Waals surface area contributed by atoms with Gasteiger partial charge in [0.1, 0.15) is 0 Å². The summed E-state index contributed by atoms with van der Waals surface area (Å²) in [5.74, 6) is 0.819. The molecule has 1 unspecified atom stereocenters. The molecule has 0 spiro atoms. The van der Waals surface area contributed by atoms with Crippen molar-refractivity contribution in [2.75, 3.05) is 43.9 Å². The van der Waals surface area contributed by atoms with E-state index in [-0.39, 0.29) is 0 Å². The Kier molecular flexibility index (Phi) is 3.59. The number of nitrogens with one attached hydrogen (secondary N) is 1. The van der Waals surface area contributed by atoms with Gasteiger partial charge in [0.15, 0.2) is 0 Å². The lowest BCUT2D eigenvalue weighted by Gasteiger charge is -2.45. The molecule has 1 N–H and O–H groups in total. The fourth-order valence-corrected chi connectivity index (χ4v) is 3.51. The van der Waals surface area contributed by atoms with Crippen molar-refractivity contribution >= 4 is 23.0 Å². The van der Waals surface area contributed by atoms with Crippen LogP contribution < -0.4 is 10.2 Å². The predicted molar refractivity (Wildman–Crippen MR) is 82.4 cm³/mol. The first-order valence-corrected chi connectivity index (χ1v) is 7.47. The highest BCUT2D eigenvalue weighted by molar-refractivity contribution is 6.31. The van der Waals surface area contributed by atoms with E-state index >= 15 is 0 Å². The summed E-state index contributed by atoms with van der Waals surface area (Å²) in [6.45, 7) is 3.72. The second-order valence-electron chi connectivity index (χ2n) is 5.94. The van der Waals surface area contributed by atoms with Gasteiger partial charge in [0.05, 0.1) is 11.4 Å². The fraction of sp³-hybridized carbons (Fsp3) is 0.600. The molecule has 0 saturated carbocycles. The second-order valence-corrected chi connectivity index (χ2v) is 6.38. The molecule has 3 saturated heterocycles. The molecule has 1 aromatic carbocycles. The average molecular weight is 280 g/mol. The normalized spacial score (nSPS) is 29.3. The number of piperidine rings is 3. The minimum Gasteiger partial charge on any atom is -0.379 e. The van der Waals surface area contributed by atoms with E-state index in [2.05, 4.69) is 41.3 Å². The third kappa shape index (κ3) is 2.67. The Hall–Kier alpha value is -0.930. The first-order valence-electron chi connectivity index (χ1n) is 7.09. The van der Waals surface area contributed by atoms with E-state index in [0.29, 0.717) is 6.04 Å². The van der Waals surface area contributed by atoms with Crippen molar-refractivity contribution in [3.63, 3.8) is 0 Å². The quantitative estimate of drug-likeness (QED) is 0.918. The minimum atomic E-state index is 0.569. The lowest BCUT2D eigenvalue weighted by molar-refractivity contribution is 0.0975. The molecule has 104 valence electrons. The molecular weight excluding hydrogens is 258 g/mol. The molecule has 0 aliphatic carbocycles. The van der Waals surface area contributed by atoms with Gasteiger partial charge >= 0.3 is 0 Å². The van der Waals surface area contributed by atoms with Crippen LogP contribution in [0.5, 0.6) is 0 Å². The van der Waals surface area contributed by atoms with Crippen LogP contribution in [-0.2, 0) is 0 Å². The molecule has 3 aliphatic heterocycles. The number of anilines is 2. The minimum absolute atomic E-state index is 0.569. The van der Waals surface area contributed by atoms with Crippen LogP contribution in [0.2, 0.25) is 5.02 Å². The first kappa shape index (κ1) is 13.1. The maximum absolute atomic E-state index is 6.15. The van der Waals surface area contributed by atoms with Crippen molar-refractivity contribution in [3.05, 3.63) is 23.2 Å². The summed E-state index contributed by atoms with van der Waals surface area (Å²) in [4.78, 5) is 4.71. The molecule has 0 radical (unpaired) electrons. The largest absolute Gasteiger partial charge is 0.379 e. The summed E-state index contributed by atoms with van der Waals surface area (Å²) in [5.41, 5.74) is 2.37. The van der Waals surface area contributed by atoms with Crippen LogP contribution in [0.1, 0.15) is 12.8 Å². The van der Waals surface area contributed by atoms with Crippen molar-refractivity contribution < 1.29 is 0 Å². The monoisotopic (exact) mass is 279 g/mol. The Morgan fingerprint density at radius 2 is 2.00 bits per heavy atom. The van der Waals surface area contributed by atoms with Gasteiger partial charge in [-0.15, -0.1) is 0 Å². The van der Waals surface area contributed by atoms with Gasteiger partial charge in [-0.25, -0.2) is 0 Å². The summed E-state index contributed by atoms with van der Waals surface area (Å²) in [6, 6.07) is 6.67. The van der Waals surface area contributed by atoms with Gasteiger partial charge in [-0.3, -0.25) is 0 Å². The summed E-state index contributed by atoms with van der Waals surface area (Å²) >= 11 is 6.15. The summed E-state index contributed by atoms with van der Waals surface area (Å²) in [7, 11) is 4.15. The highest BCUT2D eigenvalue weighted by atomic mass is 35.5. The van der Waals surface area contributed by atoms with Gasteiger partial charge in [-0.2, -0.15) is 0 Å². The Balaban J connectivity index is 1.81. The molecule has 2 bridgehead atoms. The Morgan fingerprint density at radius 1 is 1.26 bits per heavy atom. The predicted octanol–water partition coefficient (Wildman–Crippen LogP) is 2.91. The van der Waals surface area contributed by atoms with Gasteiger partial charge in [-0.1, -0.05) is 11.6 Å². The Bertz CT molecular complexity index is 453. The van der Waals surface area contributed by atoms with E-state index in [9.17, 15) is 0 Å². The zero-order valence-corrected chi connectivity index (χ0v) is 12.5. The van der Waals surface area contributed by atoms with E-state index in [1.54, 1.807) is 0 Å². The fourth-order valence-electron chi connectivity index (χ4n) is 3.34. The van der Waals surface area contributed by atoms with Crippen molar-refractivity contribution in [3.8, 4) is 0 Å². The highest BCUT2D eigenvalue weighted by Gasteiger charge is 2.34. The van der Waals surface area contributed by atoms with Crippen LogP contribution in [0, 0.1) is 5.92 Å². The van der Waals surface area contributed by atoms with E-state index in [1.807, 2.05) is 6.07 Å². The molecule has 4 rings (SSSR count). The first-order chi connectivity index (χ1) is 9.13. The van der Waals surface area contributed by atoms with E-state index in [0.717, 1.165) is 16.6 Å². The molecule has 3 heterocycles. The number of fused-ring (bicyclic) bond motifs is 3. The lowest BCUT2D eigenvalue weighted by atomic mass is 9.84. The van der Waals surface area contributed by atoms with E-state index in [4.69, 9.17) is 11.6 Å². The number of benzene rings is 1. The van der Waals surface area contributed by atoms with E-state index in [1.165, 1.54) is 38.2 Å². The number of halogens is 1. The van der Waals surface area contributed by atoms with Gasteiger partial charge < -0.3 is 15.1 Å². The van der Waals surface area contributed by atoms with Crippen LogP contribution in [0.3, 0.4) is 0 Å². The van der Waals surface area contributed by atoms with Gasteiger partial charge in [0.2, 0.25) is 0 Å². The number of rotatable bonds is 3. The Morgan fingerprint density at radius 3 is 2.58 bits per heavy atom. The molecule has 0 aromatic heterocycles. The lowest BCUT2D eigenvalue weighted by Crippen LogP contribution is -2.53. The third-order valence-electron chi connectivity index (χ3n) is 4.44. The van der Waals surface area contributed by atoms with Crippen molar-refractivity contribution in [2.45, 2.75) is 18.9 Å². The summed E-state index contributed by atoms with van der Waals surface area (Å²) < 4.78 is 0. The third-order valence-corrected chi connectivity index (χ3v) is 4.67. The van der Waals surface area contributed by atoms with Crippen LogP contribution in [0.4, 0.5) is 11.4 Å². The average Bonchev–Trinajstić information content (AvgIpc) is 2.40. The molecule has 1 atom stereocenters. The zero-order valence-electron chi connectivity index (χ0n) is 11.7. The van der Waals surface area contributed by atoms with Gasteiger partial charge in [0.25, 0.3) is 0 Å². The summed E-state index contributed by atoms with van der Waals surface area (Å²) in [6.07, 6.45) is 2.66. The maximum atomic E-state index is 6.15. The number of nitrogens with zero attached hydrogens (tertiary/aromatic N) is 2. The highest BCUT2D eigenvalue weighted by Crippen LogP contribution is 2.33. The van der Waals surface area contributed by atoms with Crippen molar-refractivity contribution in [2.24, 2.45) is 5.92 Å².